The fraction of sp³-hybridized carbons (Fsp3) is 0.667. The molecule has 0 radical (unpaired) electrons. The van der Waals surface area contributed by atoms with Gasteiger partial charge in [-0.15, -0.1) is 0 Å². The van der Waals surface area contributed by atoms with Crippen molar-refractivity contribution in [2.24, 2.45) is 5.73 Å². The Labute approximate surface area is 124 Å². The Morgan fingerprint density at radius 1 is 1.38 bits per heavy atom. The van der Waals surface area contributed by atoms with Gasteiger partial charge >= 0.3 is 0 Å². The largest absolute Gasteiger partial charge is 0.469 e. The Morgan fingerprint density at radius 3 is 2.71 bits per heavy atom. The minimum atomic E-state index is -0.695. The lowest BCUT2D eigenvalue weighted by Gasteiger charge is -2.26. The SMILES string of the molecule is N[C@H](CN1CCCC1)C(O)c1ccc(OC2COC2)nc1. The van der Waals surface area contributed by atoms with Crippen molar-refractivity contribution >= 4 is 0 Å². The summed E-state index contributed by atoms with van der Waals surface area (Å²) in [5.41, 5.74) is 6.85. The van der Waals surface area contributed by atoms with Crippen LogP contribution in [0, 0.1) is 0 Å². The normalized spacial score (nSPS) is 22.8. The summed E-state index contributed by atoms with van der Waals surface area (Å²) in [5, 5.41) is 10.3. The Kier molecular flexibility index (Phi) is 4.70. The summed E-state index contributed by atoms with van der Waals surface area (Å²) in [7, 11) is 0. The second kappa shape index (κ2) is 6.70. The number of pyridine rings is 1. The van der Waals surface area contributed by atoms with Crippen LogP contribution in [0.5, 0.6) is 5.88 Å². The first-order valence-electron chi connectivity index (χ1n) is 7.59. The second-order valence-corrected chi connectivity index (χ2v) is 5.82. The molecule has 0 aliphatic carbocycles. The van der Waals surface area contributed by atoms with Crippen LogP contribution < -0.4 is 10.5 Å². The standard InChI is InChI=1S/C15H23N3O3/c16-13(8-18-5-1-2-6-18)15(19)11-3-4-14(17-7-11)21-12-9-20-10-12/h3-4,7,12-13,15,19H,1-2,5-6,8-10,16H2/t13-,15?/m1/s1. The first-order valence-corrected chi connectivity index (χ1v) is 7.59. The molecule has 3 heterocycles. The Hall–Kier alpha value is -1.21. The van der Waals surface area contributed by atoms with E-state index in [9.17, 15) is 5.11 Å². The van der Waals surface area contributed by atoms with E-state index in [-0.39, 0.29) is 12.1 Å². The van der Waals surface area contributed by atoms with E-state index in [1.165, 1.54) is 12.8 Å². The molecule has 6 nitrogen and oxygen atoms in total. The molecular formula is C15H23N3O3. The van der Waals surface area contributed by atoms with E-state index >= 15 is 0 Å². The average Bonchev–Trinajstić information content (AvgIpc) is 2.95. The maximum Gasteiger partial charge on any atom is 0.213 e. The fourth-order valence-corrected chi connectivity index (χ4v) is 2.70. The number of aliphatic hydroxyl groups is 1. The highest BCUT2D eigenvalue weighted by Crippen LogP contribution is 2.20. The molecule has 1 aromatic heterocycles. The molecular weight excluding hydrogens is 270 g/mol. The van der Waals surface area contributed by atoms with Crippen LogP contribution in [0.25, 0.3) is 0 Å². The van der Waals surface area contributed by atoms with Crippen LogP contribution in [-0.4, -0.2) is 60.0 Å². The van der Waals surface area contributed by atoms with E-state index < -0.39 is 6.10 Å². The van der Waals surface area contributed by atoms with Crippen molar-refractivity contribution in [2.75, 3.05) is 32.8 Å². The zero-order valence-corrected chi connectivity index (χ0v) is 12.1. The first-order chi connectivity index (χ1) is 10.2. The highest BCUT2D eigenvalue weighted by Gasteiger charge is 2.23. The second-order valence-electron chi connectivity index (χ2n) is 5.82. The third-order valence-corrected chi connectivity index (χ3v) is 4.07. The molecule has 6 heteroatoms. The number of nitrogens with two attached hydrogens (primary N) is 1. The predicted molar refractivity (Wildman–Crippen MR) is 78.1 cm³/mol. The van der Waals surface area contributed by atoms with Gasteiger partial charge in [-0.1, -0.05) is 0 Å². The molecule has 2 saturated heterocycles. The van der Waals surface area contributed by atoms with Crippen molar-refractivity contribution in [3.63, 3.8) is 0 Å². The smallest absolute Gasteiger partial charge is 0.213 e. The number of hydrogen-bond acceptors (Lipinski definition) is 6. The van der Waals surface area contributed by atoms with Crippen LogP contribution in [0.3, 0.4) is 0 Å². The fourth-order valence-electron chi connectivity index (χ4n) is 2.70. The highest BCUT2D eigenvalue weighted by molar-refractivity contribution is 5.21. The Morgan fingerprint density at radius 2 is 2.14 bits per heavy atom. The Balaban J connectivity index is 1.54. The molecule has 3 N–H and O–H groups in total. The number of rotatable bonds is 6. The van der Waals surface area contributed by atoms with Crippen molar-refractivity contribution in [3.8, 4) is 5.88 Å². The van der Waals surface area contributed by atoms with E-state index in [2.05, 4.69) is 9.88 Å². The molecule has 0 spiro atoms. The number of hydrogen-bond donors (Lipinski definition) is 2. The molecule has 1 aromatic rings. The summed E-state index contributed by atoms with van der Waals surface area (Å²) in [6.45, 7) is 4.11. The molecule has 3 rings (SSSR count). The van der Waals surface area contributed by atoms with Gasteiger partial charge in [-0.2, -0.15) is 0 Å². The van der Waals surface area contributed by atoms with Crippen LogP contribution in [0.1, 0.15) is 24.5 Å². The van der Waals surface area contributed by atoms with E-state index in [4.69, 9.17) is 15.2 Å². The number of likely N-dealkylation sites (tertiary alicyclic amines) is 1. The monoisotopic (exact) mass is 293 g/mol. The molecule has 2 atom stereocenters. The van der Waals surface area contributed by atoms with E-state index in [1.54, 1.807) is 12.3 Å². The number of ether oxygens (including phenoxy) is 2. The molecule has 0 saturated carbocycles. The molecule has 116 valence electrons. The average molecular weight is 293 g/mol. The third kappa shape index (κ3) is 3.71. The maximum absolute atomic E-state index is 10.3. The summed E-state index contributed by atoms with van der Waals surface area (Å²) in [6, 6.07) is 3.31. The van der Waals surface area contributed by atoms with E-state index in [1.807, 2.05) is 6.07 Å². The van der Waals surface area contributed by atoms with Gasteiger partial charge in [-0.25, -0.2) is 4.98 Å². The minimum absolute atomic E-state index is 0.102. The maximum atomic E-state index is 10.3. The molecule has 0 aromatic carbocycles. The zero-order chi connectivity index (χ0) is 14.7. The third-order valence-electron chi connectivity index (χ3n) is 4.07. The topological polar surface area (TPSA) is 80.8 Å². The summed E-state index contributed by atoms with van der Waals surface area (Å²) < 4.78 is 10.6. The molecule has 2 aliphatic rings. The highest BCUT2D eigenvalue weighted by atomic mass is 16.6. The molecule has 1 unspecified atom stereocenters. The van der Waals surface area contributed by atoms with Crippen LogP contribution >= 0.6 is 0 Å². The molecule has 2 fully saturated rings. The van der Waals surface area contributed by atoms with Gasteiger partial charge < -0.3 is 25.2 Å². The summed E-state index contributed by atoms with van der Waals surface area (Å²) >= 11 is 0. The van der Waals surface area contributed by atoms with Crippen molar-refractivity contribution in [1.29, 1.82) is 0 Å². The van der Waals surface area contributed by atoms with Crippen LogP contribution in [0.15, 0.2) is 18.3 Å². The van der Waals surface area contributed by atoms with Gasteiger partial charge in [-0.3, -0.25) is 0 Å². The zero-order valence-electron chi connectivity index (χ0n) is 12.1. The molecule has 0 bridgehead atoms. The lowest BCUT2D eigenvalue weighted by molar-refractivity contribution is -0.0813. The minimum Gasteiger partial charge on any atom is -0.469 e. The van der Waals surface area contributed by atoms with Crippen molar-refractivity contribution in [1.82, 2.24) is 9.88 Å². The van der Waals surface area contributed by atoms with Crippen LogP contribution in [-0.2, 0) is 4.74 Å². The quantitative estimate of drug-likeness (QED) is 0.786. The number of nitrogens with zero attached hydrogens (tertiary/aromatic N) is 2. The Bertz CT molecular complexity index is 444. The molecule has 21 heavy (non-hydrogen) atoms. The van der Waals surface area contributed by atoms with Gasteiger partial charge in [0.25, 0.3) is 0 Å². The van der Waals surface area contributed by atoms with Crippen LogP contribution in [0.2, 0.25) is 0 Å². The van der Waals surface area contributed by atoms with Gasteiger partial charge in [0, 0.05) is 30.4 Å². The van der Waals surface area contributed by atoms with Gasteiger partial charge in [0.15, 0.2) is 0 Å². The number of aromatic nitrogens is 1. The van der Waals surface area contributed by atoms with Gasteiger partial charge in [0.2, 0.25) is 5.88 Å². The first kappa shape index (κ1) is 14.7. The van der Waals surface area contributed by atoms with E-state index in [0.29, 0.717) is 19.1 Å². The van der Waals surface area contributed by atoms with E-state index in [0.717, 1.165) is 25.2 Å². The van der Waals surface area contributed by atoms with Crippen LogP contribution in [0.4, 0.5) is 0 Å². The van der Waals surface area contributed by atoms with Crippen molar-refractivity contribution in [2.45, 2.75) is 31.1 Å². The lowest BCUT2D eigenvalue weighted by atomic mass is 10.0. The predicted octanol–water partition coefficient (Wildman–Crippen LogP) is 0.316. The van der Waals surface area contributed by atoms with Crippen molar-refractivity contribution < 1.29 is 14.6 Å². The van der Waals surface area contributed by atoms with Gasteiger partial charge in [-0.05, 0) is 32.0 Å². The molecule has 0 amide bonds. The summed E-state index contributed by atoms with van der Waals surface area (Å²) in [6.07, 6.45) is 3.50. The summed E-state index contributed by atoms with van der Waals surface area (Å²) in [4.78, 5) is 6.53. The van der Waals surface area contributed by atoms with Gasteiger partial charge in [0.1, 0.15) is 6.10 Å². The summed E-state index contributed by atoms with van der Waals surface area (Å²) in [5.74, 6) is 0.562. The lowest BCUT2D eigenvalue weighted by Crippen LogP contribution is -2.40. The van der Waals surface area contributed by atoms with Gasteiger partial charge in [0.05, 0.1) is 19.3 Å². The number of aliphatic hydroxyl groups excluding tert-OH is 1. The molecule has 2 aliphatic heterocycles. The van der Waals surface area contributed by atoms with Crippen molar-refractivity contribution in [3.05, 3.63) is 23.9 Å².